The zero-order valence-electron chi connectivity index (χ0n) is 8.19. The molecule has 0 unspecified atom stereocenters. The number of carbonyl (C=O) groups is 2. The summed E-state index contributed by atoms with van der Waals surface area (Å²) in [7, 11) is 0. The van der Waals surface area contributed by atoms with E-state index in [4.69, 9.17) is 0 Å². The van der Waals surface area contributed by atoms with Gasteiger partial charge in [-0.2, -0.15) is 0 Å². The van der Waals surface area contributed by atoms with Crippen LogP contribution in [-0.4, -0.2) is 18.9 Å². The molecule has 4 nitrogen and oxygen atoms in total. The molecule has 2 amide bonds. The third kappa shape index (κ3) is 3.27. The number of hydrogen-bond donors (Lipinski definition) is 2. The number of rotatable bonds is 5. The Morgan fingerprint density at radius 1 is 1.33 bits per heavy atom. The van der Waals surface area contributed by atoms with E-state index in [1.54, 1.807) is 30.3 Å². The standard InChI is InChI=1S/C11H12N2O2/c1-2-7-12-11(15)9-3-5-10(6-4-9)13-8-14/h2-6,8H,1,7H2,(H,12,15)(H,13,14). The van der Waals surface area contributed by atoms with E-state index in [1.807, 2.05) is 0 Å². The Morgan fingerprint density at radius 3 is 2.53 bits per heavy atom. The molecule has 0 saturated carbocycles. The van der Waals surface area contributed by atoms with Crippen LogP contribution in [0.1, 0.15) is 10.4 Å². The summed E-state index contributed by atoms with van der Waals surface area (Å²) in [6, 6.07) is 6.61. The highest BCUT2D eigenvalue weighted by molar-refractivity contribution is 5.94. The molecule has 1 aromatic rings. The van der Waals surface area contributed by atoms with Crippen LogP contribution in [-0.2, 0) is 4.79 Å². The summed E-state index contributed by atoms with van der Waals surface area (Å²) < 4.78 is 0. The van der Waals surface area contributed by atoms with Crippen molar-refractivity contribution >= 4 is 18.0 Å². The van der Waals surface area contributed by atoms with Crippen LogP contribution in [0.25, 0.3) is 0 Å². The fraction of sp³-hybridized carbons (Fsp3) is 0.0909. The number of benzene rings is 1. The first-order valence-electron chi connectivity index (χ1n) is 4.47. The zero-order valence-corrected chi connectivity index (χ0v) is 8.19. The van der Waals surface area contributed by atoms with Crippen molar-refractivity contribution in [1.29, 1.82) is 0 Å². The summed E-state index contributed by atoms with van der Waals surface area (Å²) in [6.07, 6.45) is 2.20. The molecule has 4 heteroatoms. The highest BCUT2D eigenvalue weighted by Gasteiger charge is 2.02. The van der Waals surface area contributed by atoms with Crippen LogP contribution >= 0.6 is 0 Å². The van der Waals surface area contributed by atoms with E-state index in [0.29, 0.717) is 24.2 Å². The van der Waals surface area contributed by atoms with Crippen LogP contribution in [0.15, 0.2) is 36.9 Å². The molecule has 0 aliphatic heterocycles. The second kappa shape index (κ2) is 5.59. The monoisotopic (exact) mass is 204 g/mol. The van der Waals surface area contributed by atoms with Crippen molar-refractivity contribution in [1.82, 2.24) is 5.32 Å². The largest absolute Gasteiger partial charge is 0.349 e. The molecule has 0 atom stereocenters. The molecule has 0 aliphatic carbocycles. The van der Waals surface area contributed by atoms with Gasteiger partial charge in [0.15, 0.2) is 0 Å². The maximum atomic E-state index is 11.4. The molecule has 15 heavy (non-hydrogen) atoms. The first-order valence-corrected chi connectivity index (χ1v) is 4.47. The fourth-order valence-electron chi connectivity index (χ4n) is 1.05. The highest BCUT2D eigenvalue weighted by Crippen LogP contribution is 2.08. The molecule has 0 aliphatic rings. The van der Waals surface area contributed by atoms with E-state index < -0.39 is 0 Å². The van der Waals surface area contributed by atoms with Crippen molar-refractivity contribution < 1.29 is 9.59 Å². The molecule has 0 heterocycles. The van der Waals surface area contributed by atoms with Crippen LogP contribution < -0.4 is 10.6 Å². The van der Waals surface area contributed by atoms with Gasteiger partial charge in [0, 0.05) is 17.8 Å². The van der Waals surface area contributed by atoms with Crippen LogP contribution in [0.2, 0.25) is 0 Å². The molecule has 0 aromatic heterocycles. The quantitative estimate of drug-likeness (QED) is 0.558. The van der Waals surface area contributed by atoms with Crippen molar-refractivity contribution in [2.75, 3.05) is 11.9 Å². The zero-order chi connectivity index (χ0) is 11.1. The fourth-order valence-corrected chi connectivity index (χ4v) is 1.05. The second-order valence-corrected chi connectivity index (χ2v) is 2.84. The maximum Gasteiger partial charge on any atom is 0.251 e. The first kappa shape index (κ1) is 11.0. The van der Waals surface area contributed by atoms with Gasteiger partial charge in [0.25, 0.3) is 5.91 Å². The SMILES string of the molecule is C=CCNC(=O)c1ccc(NC=O)cc1. The Morgan fingerprint density at radius 2 is 2.00 bits per heavy atom. The van der Waals surface area contributed by atoms with Gasteiger partial charge in [0.05, 0.1) is 0 Å². The van der Waals surface area contributed by atoms with E-state index in [9.17, 15) is 9.59 Å². The normalized spacial score (nSPS) is 9.07. The predicted octanol–water partition coefficient (Wildman–Crippen LogP) is 1.17. The van der Waals surface area contributed by atoms with Gasteiger partial charge in [0.1, 0.15) is 0 Å². The van der Waals surface area contributed by atoms with E-state index in [-0.39, 0.29) is 5.91 Å². The number of nitrogens with one attached hydrogen (secondary N) is 2. The van der Waals surface area contributed by atoms with Crippen molar-refractivity contribution in [3.8, 4) is 0 Å². The Hall–Kier alpha value is -2.10. The molecule has 2 N–H and O–H groups in total. The van der Waals surface area contributed by atoms with Crippen molar-refractivity contribution in [2.24, 2.45) is 0 Å². The molecular formula is C11H12N2O2. The van der Waals surface area contributed by atoms with Gasteiger partial charge in [-0.25, -0.2) is 0 Å². The molecule has 0 spiro atoms. The summed E-state index contributed by atoms with van der Waals surface area (Å²) in [6.45, 7) is 3.94. The minimum atomic E-state index is -0.160. The lowest BCUT2D eigenvalue weighted by Crippen LogP contribution is -2.22. The average molecular weight is 204 g/mol. The number of amides is 2. The maximum absolute atomic E-state index is 11.4. The minimum Gasteiger partial charge on any atom is -0.349 e. The molecule has 1 rings (SSSR count). The Bertz CT molecular complexity index is 357. The van der Waals surface area contributed by atoms with Gasteiger partial charge in [-0.1, -0.05) is 6.08 Å². The molecule has 0 bridgehead atoms. The van der Waals surface area contributed by atoms with Crippen LogP contribution in [0, 0.1) is 0 Å². The second-order valence-electron chi connectivity index (χ2n) is 2.84. The molecule has 0 saturated heterocycles. The topological polar surface area (TPSA) is 58.2 Å². The van der Waals surface area contributed by atoms with Crippen molar-refractivity contribution in [3.63, 3.8) is 0 Å². The summed E-state index contributed by atoms with van der Waals surface area (Å²) in [5.41, 5.74) is 1.21. The number of hydrogen-bond acceptors (Lipinski definition) is 2. The highest BCUT2D eigenvalue weighted by atomic mass is 16.1. The smallest absolute Gasteiger partial charge is 0.251 e. The van der Waals surface area contributed by atoms with Crippen LogP contribution in [0.4, 0.5) is 5.69 Å². The summed E-state index contributed by atoms with van der Waals surface area (Å²) in [5.74, 6) is -0.160. The lowest BCUT2D eigenvalue weighted by molar-refractivity contribution is -0.105. The Labute approximate surface area is 88.0 Å². The van der Waals surface area contributed by atoms with Gasteiger partial charge < -0.3 is 10.6 Å². The summed E-state index contributed by atoms with van der Waals surface area (Å²) >= 11 is 0. The van der Waals surface area contributed by atoms with Crippen molar-refractivity contribution in [2.45, 2.75) is 0 Å². The van der Waals surface area contributed by atoms with Gasteiger partial charge in [-0.15, -0.1) is 6.58 Å². The Kier molecular flexibility index (Phi) is 4.09. The average Bonchev–Trinajstić information content (AvgIpc) is 2.27. The molecule has 0 radical (unpaired) electrons. The third-order valence-electron chi connectivity index (χ3n) is 1.78. The van der Waals surface area contributed by atoms with E-state index in [1.165, 1.54) is 0 Å². The van der Waals surface area contributed by atoms with Crippen LogP contribution in [0.3, 0.4) is 0 Å². The van der Waals surface area contributed by atoms with Crippen LogP contribution in [0.5, 0.6) is 0 Å². The first-order chi connectivity index (χ1) is 7.27. The van der Waals surface area contributed by atoms with E-state index >= 15 is 0 Å². The molecular weight excluding hydrogens is 192 g/mol. The predicted molar refractivity (Wildman–Crippen MR) is 58.7 cm³/mol. The van der Waals surface area contributed by atoms with Gasteiger partial charge in [0.2, 0.25) is 6.41 Å². The van der Waals surface area contributed by atoms with Gasteiger partial charge in [-0.3, -0.25) is 9.59 Å². The molecule has 78 valence electrons. The Balaban J connectivity index is 2.66. The lowest BCUT2D eigenvalue weighted by atomic mass is 10.2. The molecule has 0 fully saturated rings. The number of anilines is 1. The number of carbonyl (C=O) groups excluding carboxylic acids is 2. The molecule has 1 aromatic carbocycles. The summed E-state index contributed by atoms with van der Waals surface area (Å²) in [5, 5.41) is 5.14. The summed E-state index contributed by atoms with van der Waals surface area (Å²) in [4.78, 5) is 21.6. The third-order valence-corrected chi connectivity index (χ3v) is 1.78. The van der Waals surface area contributed by atoms with Gasteiger partial charge >= 0.3 is 0 Å². The minimum absolute atomic E-state index is 0.160. The van der Waals surface area contributed by atoms with Gasteiger partial charge in [-0.05, 0) is 24.3 Å². The van der Waals surface area contributed by atoms with E-state index in [2.05, 4.69) is 17.2 Å². The van der Waals surface area contributed by atoms with E-state index in [0.717, 1.165) is 0 Å². The van der Waals surface area contributed by atoms with Crippen molar-refractivity contribution in [3.05, 3.63) is 42.5 Å². The lowest BCUT2D eigenvalue weighted by Gasteiger charge is -2.03.